The molecule has 6 atom stereocenters. The standard InChI is InChI=1S/C20H15F4N5OS.C19H15ClF4N4OS/c1-18(16-19(9-30,20(16,23)24)31-17(25)29-18)11-5-10(3-4-12(11)21)6-13(22)14-7-28-15(26-2)8-27-14;1-17(15-18(8-29,19(15,23)24)30-16(25)28-17)10-4-9(2-3-11(10)21)5-12(22)13-6-27-14(20)7-26-13/h3-8,16,30H,9H2,1H3,(H2,25,29);2-7,15,29H,8H2,1H3,(H2,25,28)/b13-6-;12-5-/t16-,18+,19+;15-,17+,18+/m00/s1. The van der Waals surface area contributed by atoms with Crippen molar-refractivity contribution in [2.24, 2.45) is 33.3 Å². The Balaban J connectivity index is 0.000000184. The maximum Gasteiger partial charge on any atom is 0.287 e. The highest BCUT2D eigenvalue weighted by molar-refractivity contribution is 8.15. The molecule has 318 valence electrons. The molecular formula is C39H30ClF8N9O2S2. The summed E-state index contributed by atoms with van der Waals surface area (Å²) in [6.07, 6.45) is 6.59. The van der Waals surface area contributed by atoms with Crippen LogP contribution in [0.3, 0.4) is 0 Å². The zero-order chi connectivity index (χ0) is 44.5. The van der Waals surface area contributed by atoms with Crippen molar-refractivity contribution in [3.8, 4) is 0 Å². The highest BCUT2D eigenvalue weighted by Gasteiger charge is 2.88. The van der Waals surface area contributed by atoms with Gasteiger partial charge in [-0.05, 0) is 61.4 Å². The molecule has 2 aliphatic carbocycles. The molecule has 11 nitrogen and oxygen atoms in total. The smallest absolute Gasteiger partial charge is 0.287 e. The second-order valence-electron chi connectivity index (χ2n) is 14.7. The maximum absolute atomic E-state index is 14.8. The van der Waals surface area contributed by atoms with E-state index in [4.69, 9.17) is 29.6 Å². The van der Waals surface area contributed by atoms with E-state index in [1.807, 2.05) is 0 Å². The van der Waals surface area contributed by atoms with Crippen LogP contribution in [0.2, 0.25) is 5.15 Å². The van der Waals surface area contributed by atoms with Gasteiger partial charge in [0, 0.05) is 11.1 Å². The largest absolute Gasteiger partial charge is 0.395 e. The van der Waals surface area contributed by atoms with Crippen LogP contribution in [-0.2, 0) is 11.1 Å². The van der Waals surface area contributed by atoms with Crippen molar-refractivity contribution < 1.29 is 45.3 Å². The van der Waals surface area contributed by atoms with Gasteiger partial charge in [0.1, 0.15) is 43.9 Å². The summed E-state index contributed by atoms with van der Waals surface area (Å²) < 4.78 is 114. The van der Waals surface area contributed by atoms with Crippen LogP contribution in [0.15, 0.2) is 71.2 Å². The molecule has 4 aliphatic rings. The van der Waals surface area contributed by atoms with E-state index in [0.29, 0.717) is 23.5 Å². The highest BCUT2D eigenvalue weighted by Crippen LogP contribution is 2.75. The molecular weight excluding hydrogens is 878 g/mol. The zero-order valence-electron chi connectivity index (χ0n) is 31.4. The highest BCUT2D eigenvalue weighted by atomic mass is 35.5. The molecule has 2 aromatic carbocycles. The predicted octanol–water partition coefficient (Wildman–Crippen LogP) is 7.92. The van der Waals surface area contributed by atoms with Crippen LogP contribution in [-0.4, -0.2) is 75.0 Å². The Morgan fingerprint density at radius 2 is 1.16 bits per heavy atom. The summed E-state index contributed by atoms with van der Waals surface area (Å²) in [6, 6.07) is 7.10. The van der Waals surface area contributed by atoms with Gasteiger partial charge < -0.3 is 26.5 Å². The Morgan fingerprint density at radius 1 is 0.738 bits per heavy atom. The predicted molar refractivity (Wildman–Crippen MR) is 216 cm³/mol. The van der Waals surface area contributed by atoms with Gasteiger partial charge in [-0.2, -0.15) is 0 Å². The minimum absolute atomic E-state index is 0.00288. The lowest BCUT2D eigenvalue weighted by atomic mass is 9.84. The number of aliphatic hydroxyl groups excluding tert-OH is 2. The first-order chi connectivity index (χ1) is 28.6. The average Bonchev–Trinajstić information content (AvgIpc) is 3.95. The monoisotopic (exact) mass is 907 g/mol. The molecule has 0 radical (unpaired) electrons. The Morgan fingerprint density at radius 3 is 1.52 bits per heavy atom. The molecule has 8 rings (SSSR count). The van der Waals surface area contributed by atoms with Gasteiger partial charge in [-0.25, -0.2) is 45.1 Å². The van der Waals surface area contributed by atoms with Crippen molar-refractivity contribution in [1.29, 1.82) is 0 Å². The summed E-state index contributed by atoms with van der Waals surface area (Å²) in [7, 11) is 0. The van der Waals surface area contributed by atoms with Crippen molar-refractivity contribution in [3.63, 3.8) is 0 Å². The van der Waals surface area contributed by atoms with Crippen molar-refractivity contribution >= 4 is 75.1 Å². The molecule has 2 aromatic heterocycles. The summed E-state index contributed by atoms with van der Waals surface area (Å²) in [5.41, 5.74) is 7.78. The topological polar surface area (TPSA) is 173 Å². The second kappa shape index (κ2) is 15.3. The van der Waals surface area contributed by atoms with Gasteiger partial charge in [-0.1, -0.05) is 53.8 Å². The lowest BCUT2D eigenvalue weighted by molar-refractivity contribution is 0.0676. The fourth-order valence-electron chi connectivity index (χ4n) is 8.05. The van der Waals surface area contributed by atoms with Crippen molar-refractivity contribution in [1.82, 2.24) is 19.9 Å². The molecule has 0 bridgehead atoms. The summed E-state index contributed by atoms with van der Waals surface area (Å²) in [5.74, 6) is -12.8. The van der Waals surface area contributed by atoms with Crippen molar-refractivity contribution in [2.75, 3.05) is 13.2 Å². The molecule has 61 heavy (non-hydrogen) atoms. The van der Waals surface area contributed by atoms with Gasteiger partial charge in [0.25, 0.3) is 17.7 Å². The van der Waals surface area contributed by atoms with Gasteiger partial charge in [0.2, 0.25) is 0 Å². The molecule has 0 spiro atoms. The number of thioether (sulfide) groups is 2. The number of aliphatic imine (C=N–C) groups is 2. The van der Waals surface area contributed by atoms with Crippen LogP contribution in [0.4, 0.5) is 40.9 Å². The van der Waals surface area contributed by atoms with Crippen LogP contribution in [0, 0.1) is 30.0 Å². The number of nitrogens with two attached hydrogens (primary N) is 2. The number of amidine groups is 2. The average molecular weight is 908 g/mol. The summed E-state index contributed by atoms with van der Waals surface area (Å²) in [5, 5.41) is 19.0. The lowest BCUT2D eigenvalue weighted by Gasteiger charge is -2.32. The first kappa shape index (κ1) is 43.9. The molecule has 22 heteroatoms. The van der Waals surface area contributed by atoms with Gasteiger partial charge in [0.15, 0.2) is 22.0 Å². The Hall–Kier alpha value is -5.14. The third-order valence-electron chi connectivity index (χ3n) is 11.0. The number of nitrogens with zero attached hydrogens (tertiary/aromatic N) is 7. The Kier molecular flexibility index (Phi) is 11.0. The SMILES string of the molecule is C[C@]1(c2cc(/C=C(\F)c3cnc(Cl)cn3)ccc2F)N=C(N)S[C@]2(CO)[C@H]1C2(F)F.[C-]#[N+]c1cnc(/C(F)=C/c2ccc(F)c([C@@]3(C)N=C(N)S[C@]4(CO)[C@H]3C4(F)F)c2)cn1. The fourth-order valence-corrected chi connectivity index (χ4v) is 10.9. The summed E-state index contributed by atoms with van der Waals surface area (Å²) >= 11 is 6.81. The quantitative estimate of drug-likeness (QED) is 0.101. The van der Waals surface area contributed by atoms with E-state index in [-0.39, 0.29) is 54.9 Å². The maximum atomic E-state index is 14.8. The molecule has 2 saturated carbocycles. The van der Waals surface area contributed by atoms with E-state index in [0.717, 1.165) is 42.9 Å². The van der Waals surface area contributed by atoms with Gasteiger partial charge >= 0.3 is 0 Å². The minimum atomic E-state index is -3.32. The number of rotatable bonds is 8. The molecule has 0 saturated heterocycles. The van der Waals surface area contributed by atoms with Crippen molar-refractivity contribution in [2.45, 2.75) is 46.3 Å². The summed E-state index contributed by atoms with van der Waals surface area (Å²) in [6.45, 7) is 7.81. The van der Waals surface area contributed by atoms with Crippen LogP contribution >= 0.6 is 35.1 Å². The minimum Gasteiger partial charge on any atom is -0.395 e. The van der Waals surface area contributed by atoms with Crippen LogP contribution in [0.1, 0.15) is 47.5 Å². The number of fused-ring (bicyclic) bond motifs is 2. The third kappa shape index (κ3) is 7.11. The number of halogens is 9. The molecule has 0 unspecified atom stereocenters. The molecule has 6 N–H and O–H groups in total. The van der Waals surface area contributed by atoms with Crippen molar-refractivity contribution in [3.05, 3.63) is 123 Å². The molecule has 4 aromatic rings. The Labute approximate surface area is 355 Å². The number of aliphatic hydroxyl groups is 2. The molecule has 2 fully saturated rings. The third-order valence-corrected chi connectivity index (χ3v) is 13.8. The van der Waals surface area contributed by atoms with Crippen LogP contribution < -0.4 is 11.5 Å². The van der Waals surface area contributed by atoms with E-state index in [9.17, 15) is 45.3 Å². The van der Waals surface area contributed by atoms with Gasteiger partial charge in [-0.3, -0.25) is 15.0 Å². The lowest BCUT2D eigenvalue weighted by Crippen LogP contribution is -2.37. The van der Waals surface area contributed by atoms with E-state index < -0.39 is 80.8 Å². The molecule has 2 aliphatic heterocycles. The fraction of sp³-hybridized carbons (Fsp3) is 0.308. The van der Waals surface area contributed by atoms with Gasteiger partial charge in [-0.15, -0.1) is 4.98 Å². The summed E-state index contributed by atoms with van der Waals surface area (Å²) in [4.78, 5) is 26.4. The van der Waals surface area contributed by atoms with Gasteiger partial charge in [0.05, 0.1) is 54.7 Å². The first-order valence-electron chi connectivity index (χ1n) is 17.7. The normalized spacial score (nSPS) is 29.4. The number of hydrogen-bond acceptors (Lipinski definition) is 12. The number of alkyl halides is 4. The van der Waals surface area contributed by atoms with E-state index >= 15 is 0 Å². The van der Waals surface area contributed by atoms with Crippen LogP contribution in [0.25, 0.3) is 28.7 Å². The van der Waals surface area contributed by atoms with E-state index in [2.05, 4.69) is 34.8 Å². The Bertz CT molecular complexity index is 2600. The zero-order valence-corrected chi connectivity index (χ0v) is 33.8. The molecule has 0 amide bonds. The molecule has 4 heterocycles. The first-order valence-corrected chi connectivity index (χ1v) is 19.7. The second-order valence-corrected chi connectivity index (χ2v) is 17.8. The van der Waals surface area contributed by atoms with Crippen LogP contribution in [0.5, 0.6) is 0 Å². The number of benzene rings is 2. The number of hydrogen-bond donors (Lipinski definition) is 4. The number of aromatic nitrogens is 4. The van der Waals surface area contributed by atoms with E-state index in [1.165, 1.54) is 44.3 Å². The van der Waals surface area contributed by atoms with E-state index in [1.54, 1.807) is 0 Å².